The van der Waals surface area contributed by atoms with Crippen molar-refractivity contribution in [3.05, 3.63) is 0 Å². The van der Waals surface area contributed by atoms with Gasteiger partial charge in [-0.1, -0.05) is 20.8 Å². The molecule has 1 saturated heterocycles. The molecule has 0 amide bonds. The molecule has 0 radical (unpaired) electrons. The molecular weight excluding hydrogens is 210 g/mol. The van der Waals surface area contributed by atoms with Gasteiger partial charge in [-0.2, -0.15) is 0 Å². The molecule has 0 aromatic heterocycles. The van der Waals surface area contributed by atoms with E-state index >= 15 is 0 Å². The van der Waals surface area contributed by atoms with Crippen LogP contribution >= 0.6 is 11.6 Å². The summed E-state index contributed by atoms with van der Waals surface area (Å²) in [6, 6.07) is 0.547. The zero-order valence-electron chi connectivity index (χ0n) is 10.4. The van der Waals surface area contributed by atoms with Gasteiger partial charge in [0.15, 0.2) is 0 Å². The molecule has 1 aliphatic heterocycles. The lowest BCUT2D eigenvalue weighted by Gasteiger charge is -2.27. The molecule has 0 aromatic carbocycles. The van der Waals surface area contributed by atoms with Gasteiger partial charge in [0.1, 0.15) is 0 Å². The molecule has 1 heterocycles. The van der Waals surface area contributed by atoms with Crippen LogP contribution < -0.4 is 0 Å². The lowest BCUT2D eigenvalue weighted by Crippen LogP contribution is -2.34. The molecule has 3 heteroatoms. The van der Waals surface area contributed by atoms with E-state index in [9.17, 15) is 0 Å². The quantitative estimate of drug-likeness (QED) is 0.693. The van der Waals surface area contributed by atoms with Crippen molar-refractivity contribution in [3.63, 3.8) is 0 Å². The van der Waals surface area contributed by atoms with E-state index in [4.69, 9.17) is 16.3 Å². The van der Waals surface area contributed by atoms with Crippen molar-refractivity contribution in [2.45, 2.75) is 33.2 Å². The van der Waals surface area contributed by atoms with Crippen LogP contribution in [0.15, 0.2) is 0 Å². The SMILES string of the molecule is COCCN1C[C@H](C(C)(C)C)C[C@@H]1CCl. The first-order valence-corrected chi connectivity index (χ1v) is 6.31. The van der Waals surface area contributed by atoms with Crippen molar-refractivity contribution in [3.8, 4) is 0 Å². The Labute approximate surface area is 98.9 Å². The van der Waals surface area contributed by atoms with Gasteiger partial charge < -0.3 is 4.74 Å². The van der Waals surface area contributed by atoms with Crippen LogP contribution in [-0.2, 0) is 4.74 Å². The molecule has 0 aromatic rings. The number of rotatable bonds is 4. The molecular formula is C12H24ClNO. The fourth-order valence-corrected chi connectivity index (χ4v) is 2.58. The highest BCUT2D eigenvalue weighted by atomic mass is 35.5. The van der Waals surface area contributed by atoms with Crippen LogP contribution in [0.25, 0.3) is 0 Å². The highest BCUT2D eigenvalue weighted by Crippen LogP contribution is 2.36. The third-order valence-corrected chi connectivity index (χ3v) is 3.87. The lowest BCUT2D eigenvalue weighted by atomic mass is 9.79. The number of nitrogens with zero attached hydrogens (tertiary/aromatic N) is 1. The molecule has 1 aliphatic rings. The fourth-order valence-electron chi connectivity index (χ4n) is 2.25. The maximum atomic E-state index is 6.01. The van der Waals surface area contributed by atoms with E-state index in [1.54, 1.807) is 7.11 Å². The summed E-state index contributed by atoms with van der Waals surface area (Å²) < 4.78 is 5.13. The second-order valence-corrected chi connectivity index (χ2v) is 5.90. The average molecular weight is 234 g/mol. The minimum Gasteiger partial charge on any atom is -0.383 e. The van der Waals surface area contributed by atoms with Crippen molar-refractivity contribution in [2.75, 3.05) is 32.7 Å². The second-order valence-electron chi connectivity index (χ2n) is 5.59. The Morgan fingerprint density at radius 2 is 2.07 bits per heavy atom. The predicted octanol–water partition coefficient (Wildman–Crippen LogP) is 2.61. The van der Waals surface area contributed by atoms with E-state index < -0.39 is 0 Å². The van der Waals surface area contributed by atoms with Gasteiger partial charge in [0.25, 0.3) is 0 Å². The van der Waals surface area contributed by atoms with E-state index in [2.05, 4.69) is 25.7 Å². The molecule has 0 saturated carbocycles. The van der Waals surface area contributed by atoms with Crippen LogP contribution in [0, 0.1) is 11.3 Å². The highest BCUT2D eigenvalue weighted by Gasteiger charge is 2.37. The standard InChI is InChI=1S/C12H24ClNO/c1-12(2,3)10-7-11(8-13)14(9-10)5-6-15-4/h10-11H,5-9H2,1-4H3/t10-,11-/m1/s1. The van der Waals surface area contributed by atoms with Crippen LogP contribution in [0.4, 0.5) is 0 Å². The van der Waals surface area contributed by atoms with Gasteiger partial charge in [-0.05, 0) is 17.8 Å². The minimum absolute atomic E-state index is 0.395. The second kappa shape index (κ2) is 5.51. The Hall–Kier alpha value is 0.210. The Morgan fingerprint density at radius 3 is 2.53 bits per heavy atom. The molecule has 2 nitrogen and oxygen atoms in total. The highest BCUT2D eigenvalue weighted by molar-refractivity contribution is 6.18. The van der Waals surface area contributed by atoms with E-state index in [1.807, 2.05) is 0 Å². The van der Waals surface area contributed by atoms with Crippen molar-refractivity contribution >= 4 is 11.6 Å². The van der Waals surface area contributed by atoms with Gasteiger partial charge in [0.05, 0.1) is 6.61 Å². The van der Waals surface area contributed by atoms with Gasteiger partial charge in [-0.15, -0.1) is 11.6 Å². The summed E-state index contributed by atoms with van der Waals surface area (Å²) in [6.45, 7) is 9.96. The number of hydrogen-bond acceptors (Lipinski definition) is 2. The summed E-state index contributed by atoms with van der Waals surface area (Å²) in [5, 5.41) is 0. The number of hydrogen-bond donors (Lipinski definition) is 0. The first-order chi connectivity index (χ1) is 6.99. The van der Waals surface area contributed by atoms with Gasteiger partial charge in [0.2, 0.25) is 0 Å². The zero-order valence-corrected chi connectivity index (χ0v) is 11.2. The first-order valence-electron chi connectivity index (χ1n) is 5.78. The first kappa shape index (κ1) is 13.3. The molecule has 2 atom stereocenters. The maximum Gasteiger partial charge on any atom is 0.0589 e. The molecule has 1 fully saturated rings. The van der Waals surface area contributed by atoms with Crippen molar-refractivity contribution in [1.82, 2.24) is 4.90 Å². The third kappa shape index (κ3) is 3.61. The molecule has 0 N–H and O–H groups in total. The van der Waals surface area contributed by atoms with Gasteiger partial charge >= 0.3 is 0 Å². The van der Waals surface area contributed by atoms with Crippen LogP contribution in [0.2, 0.25) is 0 Å². The molecule has 1 rings (SSSR count). The summed E-state index contributed by atoms with van der Waals surface area (Å²) in [5.41, 5.74) is 0.395. The molecule has 0 aliphatic carbocycles. The predicted molar refractivity (Wildman–Crippen MR) is 65.5 cm³/mol. The van der Waals surface area contributed by atoms with E-state index in [0.717, 1.165) is 24.9 Å². The van der Waals surface area contributed by atoms with Gasteiger partial charge in [-0.25, -0.2) is 0 Å². The number of ether oxygens (including phenoxy) is 1. The largest absolute Gasteiger partial charge is 0.383 e. The molecule has 0 spiro atoms. The van der Waals surface area contributed by atoms with Gasteiger partial charge in [-0.3, -0.25) is 4.90 Å². The Morgan fingerprint density at radius 1 is 1.40 bits per heavy atom. The third-order valence-electron chi connectivity index (χ3n) is 3.51. The molecule has 90 valence electrons. The zero-order chi connectivity index (χ0) is 11.5. The number of likely N-dealkylation sites (tertiary alicyclic amines) is 1. The van der Waals surface area contributed by atoms with Gasteiger partial charge in [0, 0.05) is 32.1 Å². The van der Waals surface area contributed by atoms with E-state index in [-0.39, 0.29) is 0 Å². The lowest BCUT2D eigenvalue weighted by molar-refractivity contribution is 0.139. The average Bonchev–Trinajstić information content (AvgIpc) is 2.57. The van der Waals surface area contributed by atoms with Crippen LogP contribution in [0.3, 0.4) is 0 Å². The Balaban J connectivity index is 2.51. The summed E-state index contributed by atoms with van der Waals surface area (Å²) in [5.74, 6) is 1.51. The van der Waals surface area contributed by atoms with Crippen molar-refractivity contribution in [2.24, 2.45) is 11.3 Å². The number of halogens is 1. The van der Waals surface area contributed by atoms with Crippen LogP contribution in [0.1, 0.15) is 27.2 Å². The summed E-state index contributed by atoms with van der Waals surface area (Å²) in [6.07, 6.45) is 1.23. The molecule has 0 unspecified atom stereocenters. The monoisotopic (exact) mass is 233 g/mol. The number of alkyl halides is 1. The molecule has 0 bridgehead atoms. The minimum atomic E-state index is 0.395. The normalized spacial score (nSPS) is 28.6. The van der Waals surface area contributed by atoms with E-state index in [0.29, 0.717) is 11.5 Å². The Bertz CT molecular complexity index is 191. The summed E-state index contributed by atoms with van der Waals surface area (Å²) in [7, 11) is 1.76. The molecule has 15 heavy (non-hydrogen) atoms. The Kier molecular flexibility index (Phi) is 4.88. The summed E-state index contributed by atoms with van der Waals surface area (Å²) >= 11 is 6.01. The fraction of sp³-hybridized carbons (Fsp3) is 1.00. The van der Waals surface area contributed by atoms with Crippen molar-refractivity contribution in [1.29, 1.82) is 0 Å². The van der Waals surface area contributed by atoms with Crippen molar-refractivity contribution < 1.29 is 4.74 Å². The topological polar surface area (TPSA) is 12.5 Å². The van der Waals surface area contributed by atoms with Crippen LogP contribution in [-0.4, -0.2) is 43.6 Å². The van der Waals surface area contributed by atoms with Crippen LogP contribution in [0.5, 0.6) is 0 Å². The maximum absolute atomic E-state index is 6.01. The summed E-state index contributed by atoms with van der Waals surface area (Å²) in [4.78, 5) is 2.48. The smallest absolute Gasteiger partial charge is 0.0589 e. The number of methoxy groups -OCH3 is 1. The van der Waals surface area contributed by atoms with E-state index in [1.165, 1.54) is 13.0 Å².